The SMILES string of the molecule is C=CC(=O)N1CCN(C2NC(OCC3CCCN3C)NC3C[C@]4(CCC32)Cc2ccc(C)cc2CS4)CC1CC#N. The predicted molar refractivity (Wildman–Crippen MR) is 163 cm³/mol. The van der Waals surface area contributed by atoms with Gasteiger partial charge in [-0.25, -0.2) is 0 Å². The zero-order chi connectivity index (χ0) is 28.6. The van der Waals surface area contributed by atoms with Crippen LogP contribution in [0.15, 0.2) is 30.9 Å². The number of ether oxygens (including phenoxy) is 1. The molecule has 1 saturated carbocycles. The number of thioether (sulfide) groups is 1. The van der Waals surface area contributed by atoms with Crippen LogP contribution >= 0.6 is 11.8 Å². The first-order valence-electron chi connectivity index (χ1n) is 15.5. The monoisotopic (exact) mass is 578 g/mol. The number of likely N-dealkylation sites (tertiary alicyclic amines) is 1. The van der Waals surface area contributed by atoms with Crippen molar-refractivity contribution in [3.63, 3.8) is 0 Å². The average molecular weight is 579 g/mol. The van der Waals surface area contributed by atoms with Crippen LogP contribution in [0.3, 0.4) is 0 Å². The van der Waals surface area contributed by atoms with E-state index < -0.39 is 0 Å². The highest BCUT2D eigenvalue weighted by molar-refractivity contribution is 8.00. The molecule has 7 atom stereocenters. The van der Waals surface area contributed by atoms with E-state index in [2.05, 4.69) is 77.0 Å². The van der Waals surface area contributed by atoms with Crippen LogP contribution in [0.1, 0.15) is 55.2 Å². The van der Waals surface area contributed by atoms with Gasteiger partial charge in [0, 0.05) is 48.1 Å². The molecule has 9 heteroatoms. The maximum Gasteiger partial charge on any atom is 0.246 e. The van der Waals surface area contributed by atoms with Gasteiger partial charge in [0.25, 0.3) is 0 Å². The second kappa shape index (κ2) is 12.4. The summed E-state index contributed by atoms with van der Waals surface area (Å²) in [5.74, 6) is 1.46. The molecule has 1 aromatic carbocycles. The van der Waals surface area contributed by atoms with E-state index in [1.807, 2.05) is 4.90 Å². The fourth-order valence-corrected chi connectivity index (χ4v) is 9.59. The zero-order valence-electron chi connectivity index (χ0n) is 24.7. The molecule has 5 aliphatic rings. The van der Waals surface area contributed by atoms with Gasteiger partial charge in [0.05, 0.1) is 31.3 Å². The van der Waals surface area contributed by atoms with Crippen molar-refractivity contribution in [3.05, 3.63) is 47.5 Å². The molecule has 6 rings (SSSR count). The molecule has 222 valence electrons. The number of likely N-dealkylation sites (N-methyl/N-ethyl adjacent to an activating group) is 1. The fraction of sp³-hybridized carbons (Fsp3) is 0.688. The lowest BCUT2D eigenvalue weighted by Gasteiger charge is -2.56. The predicted octanol–water partition coefficient (Wildman–Crippen LogP) is 3.22. The maximum atomic E-state index is 12.6. The summed E-state index contributed by atoms with van der Waals surface area (Å²) in [5.41, 5.74) is 4.39. The molecule has 8 nitrogen and oxygen atoms in total. The van der Waals surface area contributed by atoms with Gasteiger partial charge < -0.3 is 14.5 Å². The van der Waals surface area contributed by atoms with E-state index in [0.29, 0.717) is 37.5 Å². The minimum absolute atomic E-state index is 0.0765. The number of carbonyl (C=O) groups is 1. The summed E-state index contributed by atoms with van der Waals surface area (Å²) >= 11 is 2.17. The van der Waals surface area contributed by atoms with Crippen LogP contribution in [0.25, 0.3) is 0 Å². The van der Waals surface area contributed by atoms with E-state index in [1.165, 1.54) is 42.0 Å². The summed E-state index contributed by atoms with van der Waals surface area (Å²) in [6, 6.07) is 10.0. The molecule has 4 aliphatic heterocycles. The molecule has 2 N–H and O–H groups in total. The highest BCUT2D eigenvalue weighted by atomic mass is 32.2. The summed E-state index contributed by atoms with van der Waals surface area (Å²) in [4.78, 5) is 19.3. The second-order valence-corrected chi connectivity index (χ2v) is 14.4. The average Bonchev–Trinajstić information content (AvgIpc) is 3.39. The van der Waals surface area contributed by atoms with Crippen LogP contribution in [0.4, 0.5) is 0 Å². The third kappa shape index (κ3) is 6.11. The van der Waals surface area contributed by atoms with Crippen LogP contribution in [0.5, 0.6) is 0 Å². The highest BCUT2D eigenvalue weighted by Gasteiger charge is 2.50. The number of amides is 1. The van der Waals surface area contributed by atoms with Gasteiger partial charge in [0.1, 0.15) is 0 Å². The van der Waals surface area contributed by atoms with Crippen LogP contribution in [0.2, 0.25) is 0 Å². The Hall–Kier alpha value is -1.93. The molecule has 4 heterocycles. The Morgan fingerprint density at radius 3 is 2.90 bits per heavy atom. The first kappa shape index (κ1) is 29.2. The normalized spacial score (nSPS) is 36.0. The van der Waals surface area contributed by atoms with Crippen molar-refractivity contribution in [2.24, 2.45) is 5.92 Å². The number of aryl methyl sites for hydroxylation is 1. The largest absolute Gasteiger partial charge is 0.348 e. The van der Waals surface area contributed by atoms with E-state index in [1.54, 1.807) is 0 Å². The number of nitriles is 1. The van der Waals surface area contributed by atoms with Gasteiger partial charge in [-0.3, -0.25) is 20.3 Å². The lowest BCUT2D eigenvalue weighted by molar-refractivity contribution is -0.135. The van der Waals surface area contributed by atoms with Gasteiger partial charge in [-0.05, 0) is 76.2 Å². The number of hydrogen-bond donors (Lipinski definition) is 2. The molecule has 0 aromatic heterocycles. The van der Waals surface area contributed by atoms with Gasteiger partial charge in [-0.1, -0.05) is 30.3 Å². The standard InChI is InChI=1S/C32H46N6O2S/c1-4-29(39)38-15-14-37(19-25(38)10-12-33)30-27-9-11-32(17-23-8-7-22(2)16-24(23)21-41-32)18-28(27)34-31(35-30)40-20-26-6-5-13-36(26)3/h4,7-8,16,25-28,30-31,34-35H,1,5-6,9-11,13-15,17-21H2,2-3H3/t25?,26?,27?,28?,30?,31?,32-/m0/s1. The van der Waals surface area contributed by atoms with E-state index in [0.717, 1.165) is 44.7 Å². The first-order valence-corrected chi connectivity index (χ1v) is 16.5. The van der Waals surface area contributed by atoms with Gasteiger partial charge in [0.15, 0.2) is 6.35 Å². The quantitative estimate of drug-likeness (QED) is 0.498. The summed E-state index contributed by atoms with van der Waals surface area (Å²) in [7, 11) is 2.20. The Balaban J connectivity index is 1.20. The minimum Gasteiger partial charge on any atom is -0.348 e. The van der Waals surface area contributed by atoms with Crippen LogP contribution in [0, 0.1) is 24.2 Å². The number of hydrogen-bond acceptors (Lipinski definition) is 8. The van der Waals surface area contributed by atoms with Crippen molar-refractivity contribution >= 4 is 17.7 Å². The van der Waals surface area contributed by atoms with Crippen molar-refractivity contribution in [2.75, 3.05) is 39.8 Å². The summed E-state index contributed by atoms with van der Waals surface area (Å²) in [6.45, 7) is 9.84. The number of nitrogens with zero attached hydrogens (tertiary/aromatic N) is 4. The topological polar surface area (TPSA) is 83.9 Å². The molecule has 41 heavy (non-hydrogen) atoms. The number of rotatable bonds is 6. The number of nitrogens with one attached hydrogen (secondary N) is 2. The van der Waals surface area contributed by atoms with Gasteiger partial charge in [0.2, 0.25) is 5.91 Å². The molecule has 1 aromatic rings. The summed E-state index contributed by atoms with van der Waals surface area (Å²) < 4.78 is 6.83. The molecule has 6 unspecified atom stereocenters. The number of benzene rings is 1. The van der Waals surface area contributed by atoms with E-state index >= 15 is 0 Å². The molecule has 3 saturated heterocycles. The first-order chi connectivity index (χ1) is 19.9. The fourth-order valence-electron chi connectivity index (χ4n) is 8.04. The third-order valence-electron chi connectivity index (χ3n) is 10.4. The molecule has 1 aliphatic carbocycles. The Morgan fingerprint density at radius 1 is 1.24 bits per heavy atom. The molecule has 1 spiro atoms. The summed E-state index contributed by atoms with van der Waals surface area (Å²) in [5, 5.41) is 17.3. The molecule has 0 radical (unpaired) electrons. The number of carbonyl (C=O) groups excluding carboxylic acids is 1. The van der Waals surface area contributed by atoms with Crippen molar-refractivity contribution in [1.29, 1.82) is 5.26 Å². The Labute approximate surface area is 249 Å². The van der Waals surface area contributed by atoms with Crippen LogP contribution in [-0.4, -0.2) is 95.8 Å². The Bertz CT molecular complexity index is 1170. The van der Waals surface area contributed by atoms with Crippen LogP contribution < -0.4 is 10.6 Å². The molecule has 1 amide bonds. The number of fused-ring (bicyclic) bond motifs is 2. The van der Waals surface area contributed by atoms with Gasteiger partial charge in [-0.15, -0.1) is 11.8 Å². The van der Waals surface area contributed by atoms with Crippen molar-refractivity contribution in [1.82, 2.24) is 25.3 Å². The second-order valence-electron chi connectivity index (χ2n) is 12.9. The molecular weight excluding hydrogens is 532 g/mol. The van der Waals surface area contributed by atoms with Crippen molar-refractivity contribution in [2.45, 2.75) is 93.0 Å². The van der Waals surface area contributed by atoms with Crippen molar-refractivity contribution < 1.29 is 9.53 Å². The van der Waals surface area contributed by atoms with Gasteiger partial charge in [-0.2, -0.15) is 5.26 Å². The lowest BCUT2D eigenvalue weighted by atomic mass is 9.72. The van der Waals surface area contributed by atoms with Crippen LogP contribution in [-0.2, 0) is 21.7 Å². The molecule has 0 bridgehead atoms. The van der Waals surface area contributed by atoms with E-state index in [4.69, 9.17) is 4.74 Å². The molecular formula is C32H46N6O2S. The van der Waals surface area contributed by atoms with Crippen molar-refractivity contribution in [3.8, 4) is 6.07 Å². The van der Waals surface area contributed by atoms with Gasteiger partial charge >= 0.3 is 0 Å². The van der Waals surface area contributed by atoms with E-state index in [-0.39, 0.29) is 29.2 Å². The smallest absolute Gasteiger partial charge is 0.246 e. The third-order valence-corrected chi connectivity index (χ3v) is 11.9. The van der Waals surface area contributed by atoms with E-state index in [9.17, 15) is 10.1 Å². The minimum atomic E-state index is -0.212. The summed E-state index contributed by atoms with van der Waals surface area (Å²) in [6.07, 6.45) is 8.70. The molecule has 4 fully saturated rings. The Kier molecular flexibility index (Phi) is 8.79. The maximum absolute atomic E-state index is 12.6. The number of piperazine rings is 1. The zero-order valence-corrected chi connectivity index (χ0v) is 25.5. The lowest BCUT2D eigenvalue weighted by Crippen LogP contribution is -2.73. The Morgan fingerprint density at radius 2 is 2.12 bits per heavy atom. The highest BCUT2D eigenvalue weighted by Crippen LogP contribution is 2.50.